The van der Waals surface area contributed by atoms with Crippen molar-refractivity contribution in [3.8, 4) is 5.69 Å². The molecule has 0 aliphatic rings. The summed E-state index contributed by atoms with van der Waals surface area (Å²) in [6.07, 6.45) is 1.62. The zero-order valence-electron chi connectivity index (χ0n) is 13.4. The van der Waals surface area contributed by atoms with E-state index in [1.807, 2.05) is 42.5 Å². The predicted molar refractivity (Wildman–Crippen MR) is 94.2 cm³/mol. The van der Waals surface area contributed by atoms with E-state index in [-0.39, 0.29) is 5.78 Å². The van der Waals surface area contributed by atoms with E-state index in [2.05, 4.69) is 25.6 Å². The molecule has 122 valence electrons. The van der Waals surface area contributed by atoms with Crippen LogP contribution in [0.2, 0.25) is 0 Å². The minimum atomic E-state index is 0.00590. The molecule has 2 aromatic carbocycles. The Kier molecular flexibility index (Phi) is 3.66. The summed E-state index contributed by atoms with van der Waals surface area (Å²) in [6, 6.07) is 16.9. The lowest BCUT2D eigenvalue weighted by molar-refractivity contribution is 0.101. The first kappa shape index (κ1) is 14.9. The molecule has 25 heavy (non-hydrogen) atoms. The molecule has 4 aromatic rings. The molecule has 1 N–H and O–H groups in total. The molecule has 0 saturated carbocycles. The van der Waals surface area contributed by atoms with Gasteiger partial charge in [-0.25, -0.2) is 4.98 Å². The quantitative estimate of drug-likeness (QED) is 0.579. The van der Waals surface area contributed by atoms with Crippen LogP contribution in [0.4, 0.5) is 11.6 Å². The van der Waals surface area contributed by atoms with Crippen molar-refractivity contribution in [1.82, 2.24) is 25.0 Å². The maximum Gasteiger partial charge on any atom is 0.229 e. The molecule has 4 rings (SSSR count). The average molecular weight is 330 g/mol. The van der Waals surface area contributed by atoms with Crippen LogP contribution in [-0.2, 0) is 0 Å². The van der Waals surface area contributed by atoms with Crippen molar-refractivity contribution in [2.24, 2.45) is 0 Å². The summed E-state index contributed by atoms with van der Waals surface area (Å²) in [7, 11) is 0. The van der Waals surface area contributed by atoms with Gasteiger partial charge in [-0.3, -0.25) is 4.79 Å². The van der Waals surface area contributed by atoms with Gasteiger partial charge in [0.15, 0.2) is 16.9 Å². The molecule has 0 radical (unpaired) electrons. The third-order valence-corrected chi connectivity index (χ3v) is 3.72. The highest BCUT2D eigenvalue weighted by molar-refractivity contribution is 5.95. The van der Waals surface area contributed by atoms with Gasteiger partial charge in [-0.1, -0.05) is 35.5 Å². The number of aromatic nitrogens is 5. The van der Waals surface area contributed by atoms with Gasteiger partial charge in [0.2, 0.25) is 5.95 Å². The Morgan fingerprint density at radius 2 is 1.92 bits per heavy atom. The smallest absolute Gasteiger partial charge is 0.229 e. The fraction of sp³-hybridized carbons (Fsp3) is 0.0556. The standard InChI is InChI=1S/C18H14N6O/c1-12(25)13-6-5-7-14(10-13)20-18-19-11-16-17(21-18)24(23-22-16)15-8-3-2-4-9-15/h2-11H,1H3,(H,19,20,21). The van der Waals surface area contributed by atoms with Crippen LogP contribution < -0.4 is 5.32 Å². The Hall–Kier alpha value is -3.61. The summed E-state index contributed by atoms with van der Waals surface area (Å²) in [5.41, 5.74) is 3.44. The number of hydrogen-bond donors (Lipinski definition) is 1. The van der Waals surface area contributed by atoms with Gasteiger partial charge in [-0.05, 0) is 31.2 Å². The monoisotopic (exact) mass is 330 g/mol. The molecule has 0 bridgehead atoms. The van der Waals surface area contributed by atoms with E-state index in [4.69, 9.17) is 0 Å². The number of carbonyl (C=O) groups excluding carboxylic acids is 1. The van der Waals surface area contributed by atoms with Crippen molar-refractivity contribution < 1.29 is 4.79 Å². The topological polar surface area (TPSA) is 85.6 Å². The molecule has 0 spiro atoms. The van der Waals surface area contributed by atoms with E-state index < -0.39 is 0 Å². The fourth-order valence-electron chi connectivity index (χ4n) is 2.48. The zero-order chi connectivity index (χ0) is 17.2. The number of nitrogens with zero attached hydrogens (tertiary/aromatic N) is 5. The number of para-hydroxylation sites is 1. The van der Waals surface area contributed by atoms with Gasteiger partial charge in [-0.2, -0.15) is 9.67 Å². The van der Waals surface area contributed by atoms with E-state index in [0.29, 0.717) is 22.7 Å². The van der Waals surface area contributed by atoms with Crippen LogP contribution in [0, 0.1) is 0 Å². The lowest BCUT2D eigenvalue weighted by Crippen LogP contribution is -2.02. The average Bonchev–Trinajstić information content (AvgIpc) is 3.06. The predicted octanol–water partition coefficient (Wildman–Crippen LogP) is 3.16. The van der Waals surface area contributed by atoms with Crippen molar-refractivity contribution in [2.45, 2.75) is 6.92 Å². The van der Waals surface area contributed by atoms with Crippen LogP contribution in [0.15, 0.2) is 60.8 Å². The molecule has 0 aliphatic carbocycles. The Labute approximate surface area is 143 Å². The van der Waals surface area contributed by atoms with E-state index in [1.165, 1.54) is 6.92 Å². The Balaban J connectivity index is 1.72. The van der Waals surface area contributed by atoms with Crippen molar-refractivity contribution in [1.29, 1.82) is 0 Å². The highest BCUT2D eigenvalue weighted by atomic mass is 16.1. The van der Waals surface area contributed by atoms with Crippen LogP contribution in [0.5, 0.6) is 0 Å². The highest BCUT2D eigenvalue weighted by Gasteiger charge is 2.10. The molecule has 0 fully saturated rings. The minimum Gasteiger partial charge on any atom is -0.324 e. The second-order valence-electron chi connectivity index (χ2n) is 5.50. The molecular weight excluding hydrogens is 316 g/mol. The second kappa shape index (κ2) is 6.12. The largest absolute Gasteiger partial charge is 0.324 e. The molecule has 0 aliphatic heterocycles. The molecule has 7 nitrogen and oxygen atoms in total. The molecular formula is C18H14N6O. The van der Waals surface area contributed by atoms with Crippen molar-refractivity contribution in [2.75, 3.05) is 5.32 Å². The van der Waals surface area contributed by atoms with E-state index in [9.17, 15) is 4.79 Å². The van der Waals surface area contributed by atoms with Crippen LogP contribution in [0.3, 0.4) is 0 Å². The van der Waals surface area contributed by atoms with Crippen LogP contribution >= 0.6 is 0 Å². The van der Waals surface area contributed by atoms with Gasteiger partial charge >= 0.3 is 0 Å². The van der Waals surface area contributed by atoms with Crippen molar-refractivity contribution in [3.05, 3.63) is 66.4 Å². The number of benzene rings is 2. The molecule has 0 atom stereocenters. The number of Topliss-reactive ketones (excluding diaryl/α,β-unsaturated/α-hetero) is 1. The van der Waals surface area contributed by atoms with Gasteiger partial charge < -0.3 is 5.32 Å². The van der Waals surface area contributed by atoms with Crippen LogP contribution in [-0.4, -0.2) is 30.7 Å². The first-order chi connectivity index (χ1) is 12.2. The summed E-state index contributed by atoms with van der Waals surface area (Å²) in [4.78, 5) is 20.3. The molecule has 7 heteroatoms. The third kappa shape index (κ3) is 2.94. The van der Waals surface area contributed by atoms with E-state index >= 15 is 0 Å². The maximum atomic E-state index is 11.5. The summed E-state index contributed by atoms with van der Waals surface area (Å²) in [5, 5.41) is 11.4. The van der Waals surface area contributed by atoms with Gasteiger partial charge in [0, 0.05) is 11.3 Å². The number of carbonyl (C=O) groups is 1. The molecule has 0 unspecified atom stereocenters. The number of hydrogen-bond acceptors (Lipinski definition) is 6. The van der Waals surface area contributed by atoms with E-state index in [0.717, 1.165) is 11.4 Å². The second-order valence-corrected chi connectivity index (χ2v) is 5.50. The molecule has 2 heterocycles. The fourth-order valence-corrected chi connectivity index (χ4v) is 2.48. The van der Waals surface area contributed by atoms with Gasteiger partial charge in [0.05, 0.1) is 11.9 Å². The summed E-state index contributed by atoms with van der Waals surface area (Å²) in [5.74, 6) is 0.416. The first-order valence-corrected chi connectivity index (χ1v) is 7.72. The lowest BCUT2D eigenvalue weighted by atomic mass is 10.1. The first-order valence-electron chi connectivity index (χ1n) is 7.72. The Morgan fingerprint density at radius 3 is 2.72 bits per heavy atom. The van der Waals surface area contributed by atoms with Gasteiger partial charge in [0.1, 0.15) is 0 Å². The van der Waals surface area contributed by atoms with Crippen LogP contribution in [0.25, 0.3) is 16.9 Å². The molecule has 0 saturated heterocycles. The number of nitrogens with one attached hydrogen (secondary N) is 1. The Morgan fingerprint density at radius 1 is 1.08 bits per heavy atom. The van der Waals surface area contributed by atoms with Crippen molar-refractivity contribution >= 4 is 28.6 Å². The summed E-state index contributed by atoms with van der Waals surface area (Å²) >= 11 is 0. The summed E-state index contributed by atoms with van der Waals surface area (Å²) < 4.78 is 1.66. The van der Waals surface area contributed by atoms with Crippen molar-refractivity contribution in [3.63, 3.8) is 0 Å². The normalized spacial score (nSPS) is 10.8. The van der Waals surface area contributed by atoms with Gasteiger partial charge in [-0.15, -0.1) is 5.10 Å². The lowest BCUT2D eigenvalue weighted by Gasteiger charge is -2.06. The summed E-state index contributed by atoms with van der Waals surface area (Å²) in [6.45, 7) is 1.53. The van der Waals surface area contributed by atoms with Gasteiger partial charge in [0.25, 0.3) is 0 Å². The van der Waals surface area contributed by atoms with E-state index in [1.54, 1.807) is 23.0 Å². The Bertz CT molecular complexity index is 1060. The minimum absolute atomic E-state index is 0.00590. The van der Waals surface area contributed by atoms with Crippen LogP contribution in [0.1, 0.15) is 17.3 Å². The molecule has 2 aromatic heterocycles. The maximum absolute atomic E-state index is 11.5. The highest BCUT2D eigenvalue weighted by Crippen LogP contribution is 2.18. The SMILES string of the molecule is CC(=O)c1cccc(Nc2ncc3nnn(-c4ccccc4)c3n2)c1. The zero-order valence-corrected chi connectivity index (χ0v) is 13.4. The molecule has 0 amide bonds. The number of ketones is 1. The number of anilines is 2. The third-order valence-electron chi connectivity index (χ3n) is 3.72. The number of fused-ring (bicyclic) bond motifs is 1. The number of rotatable bonds is 4.